The first kappa shape index (κ1) is 20.4. The molecule has 2 amide bonds. The molecule has 1 aromatic carbocycles. The summed E-state index contributed by atoms with van der Waals surface area (Å²) in [6.45, 7) is 0.545. The zero-order valence-corrected chi connectivity index (χ0v) is 18.1. The lowest BCUT2D eigenvalue weighted by molar-refractivity contribution is -0.141. The standard InChI is InChI=1S/C22H27N3O2S2/c26-20(19-14-28-15-25(19)22(27)17-9-5-2-6-10-17)23-12-11-18-13-29-21(24-18)16-7-3-1-4-8-16/h1,3-4,7-8,13,17,19H,2,5-6,9-12,14-15H2,(H,23,26). The van der Waals surface area contributed by atoms with Gasteiger partial charge in [0.15, 0.2) is 0 Å². The maximum atomic E-state index is 12.9. The highest BCUT2D eigenvalue weighted by molar-refractivity contribution is 7.99. The van der Waals surface area contributed by atoms with Crippen LogP contribution in [0, 0.1) is 5.92 Å². The van der Waals surface area contributed by atoms with Crippen molar-refractivity contribution in [2.24, 2.45) is 5.92 Å². The van der Waals surface area contributed by atoms with E-state index in [0.717, 1.165) is 41.9 Å². The third kappa shape index (κ3) is 5.01. The van der Waals surface area contributed by atoms with Crippen molar-refractivity contribution in [1.29, 1.82) is 0 Å². The molecule has 5 nitrogen and oxygen atoms in total. The monoisotopic (exact) mass is 429 g/mol. The van der Waals surface area contributed by atoms with E-state index in [2.05, 4.69) is 27.8 Å². The SMILES string of the molecule is O=C(NCCc1csc(-c2ccccc2)n1)C1CSCN1C(=O)C1CCCCC1. The summed E-state index contributed by atoms with van der Waals surface area (Å²) in [6, 6.07) is 9.80. The molecule has 4 rings (SSSR count). The molecule has 0 spiro atoms. The predicted octanol–water partition coefficient (Wildman–Crippen LogP) is 3.95. The molecule has 1 aliphatic heterocycles. The Balaban J connectivity index is 1.28. The van der Waals surface area contributed by atoms with Gasteiger partial charge in [-0.25, -0.2) is 4.98 Å². The van der Waals surface area contributed by atoms with Gasteiger partial charge < -0.3 is 10.2 Å². The molecule has 7 heteroatoms. The Morgan fingerprint density at radius 3 is 2.72 bits per heavy atom. The van der Waals surface area contributed by atoms with E-state index < -0.39 is 0 Å². The molecule has 1 atom stereocenters. The van der Waals surface area contributed by atoms with Gasteiger partial charge in [-0.2, -0.15) is 0 Å². The second-order valence-corrected chi connectivity index (χ2v) is 9.57. The Labute approximate surface area is 180 Å². The van der Waals surface area contributed by atoms with Gasteiger partial charge in [0.2, 0.25) is 11.8 Å². The number of amides is 2. The van der Waals surface area contributed by atoms with Crippen molar-refractivity contribution in [2.45, 2.75) is 44.6 Å². The average Bonchev–Trinajstić information content (AvgIpc) is 3.44. The lowest BCUT2D eigenvalue weighted by Gasteiger charge is -2.29. The molecule has 154 valence electrons. The van der Waals surface area contributed by atoms with Crippen LogP contribution in [0.1, 0.15) is 37.8 Å². The van der Waals surface area contributed by atoms with E-state index in [9.17, 15) is 9.59 Å². The highest BCUT2D eigenvalue weighted by Gasteiger charge is 2.37. The first-order chi connectivity index (χ1) is 14.2. The van der Waals surface area contributed by atoms with Crippen LogP contribution in [0.4, 0.5) is 0 Å². The van der Waals surface area contributed by atoms with Crippen LogP contribution in [0.2, 0.25) is 0 Å². The van der Waals surface area contributed by atoms with E-state index in [4.69, 9.17) is 0 Å². The lowest BCUT2D eigenvalue weighted by Crippen LogP contribution is -2.49. The largest absolute Gasteiger partial charge is 0.354 e. The van der Waals surface area contributed by atoms with Crippen LogP contribution in [0.15, 0.2) is 35.7 Å². The third-order valence-electron chi connectivity index (χ3n) is 5.68. The fourth-order valence-corrected chi connectivity index (χ4v) is 6.05. The molecule has 2 aliphatic rings. The topological polar surface area (TPSA) is 62.3 Å². The molecular formula is C22H27N3O2S2. The van der Waals surface area contributed by atoms with Gasteiger partial charge in [0.1, 0.15) is 11.0 Å². The molecule has 29 heavy (non-hydrogen) atoms. The van der Waals surface area contributed by atoms with Crippen LogP contribution in [0.5, 0.6) is 0 Å². The number of nitrogens with zero attached hydrogens (tertiary/aromatic N) is 2. The van der Waals surface area contributed by atoms with Crippen molar-refractivity contribution in [1.82, 2.24) is 15.2 Å². The summed E-state index contributed by atoms with van der Waals surface area (Å²) in [5, 5.41) is 6.09. The van der Waals surface area contributed by atoms with Gasteiger partial charge in [-0.1, -0.05) is 49.6 Å². The van der Waals surface area contributed by atoms with Gasteiger partial charge in [-0.15, -0.1) is 23.1 Å². The van der Waals surface area contributed by atoms with Crippen LogP contribution in [0.3, 0.4) is 0 Å². The maximum Gasteiger partial charge on any atom is 0.243 e. The van der Waals surface area contributed by atoms with E-state index in [1.165, 1.54) is 6.42 Å². The summed E-state index contributed by atoms with van der Waals surface area (Å²) in [6.07, 6.45) is 6.14. The van der Waals surface area contributed by atoms with Crippen LogP contribution in [-0.2, 0) is 16.0 Å². The number of carbonyl (C=O) groups excluding carboxylic acids is 2. The second-order valence-electron chi connectivity index (χ2n) is 7.71. The Kier molecular flexibility index (Phi) is 6.87. The van der Waals surface area contributed by atoms with Gasteiger partial charge in [-0.05, 0) is 12.8 Å². The summed E-state index contributed by atoms with van der Waals surface area (Å²) >= 11 is 3.30. The quantitative estimate of drug-likeness (QED) is 0.755. The molecule has 0 radical (unpaired) electrons. The number of carbonyl (C=O) groups is 2. The van der Waals surface area contributed by atoms with Crippen molar-refractivity contribution in [3.05, 3.63) is 41.4 Å². The van der Waals surface area contributed by atoms with Crippen molar-refractivity contribution in [3.63, 3.8) is 0 Å². The van der Waals surface area contributed by atoms with Gasteiger partial charge >= 0.3 is 0 Å². The lowest BCUT2D eigenvalue weighted by atomic mass is 9.88. The minimum atomic E-state index is -0.329. The second kappa shape index (κ2) is 9.76. The highest BCUT2D eigenvalue weighted by Crippen LogP contribution is 2.30. The molecule has 0 bridgehead atoms. The van der Waals surface area contributed by atoms with Gasteiger partial charge in [0, 0.05) is 35.6 Å². The summed E-state index contributed by atoms with van der Waals surface area (Å²) in [5.74, 6) is 1.60. The number of rotatable bonds is 6. The van der Waals surface area contributed by atoms with E-state index in [1.54, 1.807) is 23.1 Å². The van der Waals surface area contributed by atoms with Crippen molar-refractivity contribution in [2.75, 3.05) is 18.2 Å². The number of thiazole rings is 1. The molecular weight excluding hydrogens is 402 g/mol. The fraction of sp³-hybridized carbons (Fsp3) is 0.500. The van der Waals surface area contributed by atoms with Crippen molar-refractivity contribution >= 4 is 34.9 Å². The maximum absolute atomic E-state index is 12.9. The van der Waals surface area contributed by atoms with Crippen molar-refractivity contribution in [3.8, 4) is 10.6 Å². The number of thioether (sulfide) groups is 1. The van der Waals surface area contributed by atoms with E-state index in [0.29, 0.717) is 24.6 Å². The Hall–Kier alpha value is -1.86. The number of benzene rings is 1. The molecule has 1 aliphatic carbocycles. The molecule has 1 N–H and O–H groups in total. The molecule has 1 saturated carbocycles. The molecule has 2 heterocycles. The summed E-state index contributed by atoms with van der Waals surface area (Å²) < 4.78 is 0. The minimum Gasteiger partial charge on any atom is -0.354 e. The van der Waals surface area contributed by atoms with Crippen LogP contribution >= 0.6 is 23.1 Å². The Bertz CT molecular complexity index is 834. The van der Waals surface area contributed by atoms with Crippen LogP contribution in [-0.4, -0.2) is 45.9 Å². The van der Waals surface area contributed by atoms with E-state index in [-0.39, 0.29) is 23.8 Å². The number of hydrogen-bond acceptors (Lipinski definition) is 5. The zero-order valence-electron chi connectivity index (χ0n) is 16.5. The van der Waals surface area contributed by atoms with Gasteiger partial charge in [0.05, 0.1) is 11.6 Å². The first-order valence-corrected chi connectivity index (χ1v) is 12.4. The molecule has 1 saturated heterocycles. The Morgan fingerprint density at radius 2 is 1.93 bits per heavy atom. The number of aromatic nitrogens is 1. The zero-order chi connectivity index (χ0) is 20.1. The van der Waals surface area contributed by atoms with Crippen LogP contribution in [0.25, 0.3) is 10.6 Å². The van der Waals surface area contributed by atoms with Gasteiger partial charge in [0.25, 0.3) is 0 Å². The smallest absolute Gasteiger partial charge is 0.243 e. The average molecular weight is 430 g/mol. The third-order valence-corrected chi connectivity index (χ3v) is 7.63. The molecule has 2 fully saturated rings. The van der Waals surface area contributed by atoms with Crippen LogP contribution < -0.4 is 5.32 Å². The predicted molar refractivity (Wildman–Crippen MR) is 119 cm³/mol. The van der Waals surface area contributed by atoms with E-state index in [1.807, 2.05) is 23.1 Å². The first-order valence-electron chi connectivity index (χ1n) is 10.4. The Morgan fingerprint density at radius 1 is 1.14 bits per heavy atom. The molecule has 1 aromatic heterocycles. The number of hydrogen-bond donors (Lipinski definition) is 1. The van der Waals surface area contributed by atoms with E-state index >= 15 is 0 Å². The fourth-order valence-electron chi connectivity index (χ4n) is 4.03. The highest BCUT2D eigenvalue weighted by atomic mass is 32.2. The summed E-state index contributed by atoms with van der Waals surface area (Å²) in [5.41, 5.74) is 2.11. The summed E-state index contributed by atoms with van der Waals surface area (Å²) in [7, 11) is 0. The normalized spacial score (nSPS) is 20.0. The van der Waals surface area contributed by atoms with Crippen molar-refractivity contribution < 1.29 is 9.59 Å². The molecule has 1 unspecified atom stereocenters. The van der Waals surface area contributed by atoms with Gasteiger partial charge in [-0.3, -0.25) is 9.59 Å². The summed E-state index contributed by atoms with van der Waals surface area (Å²) in [4.78, 5) is 32.1. The minimum absolute atomic E-state index is 0.0299. The number of nitrogens with one attached hydrogen (secondary N) is 1. The molecule has 2 aromatic rings.